The van der Waals surface area contributed by atoms with E-state index in [0.29, 0.717) is 15.8 Å². The van der Waals surface area contributed by atoms with Crippen LogP contribution in [0, 0.1) is 3.57 Å². The molecule has 0 saturated heterocycles. The highest BCUT2D eigenvalue weighted by Crippen LogP contribution is 2.12. The van der Waals surface area contributed by atoms with Crippen molar-refractivity contribution in [3.8, 4) is 0 Å². The van der Waals surface area contributed by atoms with Gasteiger partial charge in [-0.15, -0.1) is 0 Å². The molecule has 1 aromatic heterocycles. The van der Waals surface area contributed by atoms with Crippen LogP contribution < -0.4 is 10.9 Å². The van der Waals surface area contributed by atoms with Gasteiger partial charge in [-0.3, -0.25) is 4.79 Å². The molecule has 0 saturated carbocycles. The molecule has 0 bridgehead atoms. The highest BCUT2D eigenvalue weighted by Gasteiger charge is 2.14. The summed E-state index contributed by atoms with van der Waals surface area (Å²) in [6.45, 7) is 3.76. The smallest absolute Gasteiger partial charge is 0.266 e. The Morgan fingerprint density at radius 2 is 2.40 bits per heavy atom. The van der Waals surface area contributed by atoms with E-state index in [2.05, 4.69) is 15.3 Å². The number of rotatable bonds is 4. The van der Waals surface area contributed by atoms with Crippen molar-refractivity contribution >= 4 is 28.4 Å². The Hall–Kier alpha value is -0.630. The van der Waals surface area contributed by atoms with E-state index < -0.39 is 6.10 Å². The molecule has 0 aliphatic carbocycles. The highest BCUT2D eigenvalue weighted by molar-refractivity contribution is 14.1. The van der Waals surface area contributed by atoms with E-state index in [0.717, 1.165) is 0 Å². The number of aliphatic hydroxyl groups is 1. The van der Waals surface area contributed by atoms with E-state index in [4.69, 9.17) is 0 Å². The van der Waals surface area contributed by atoms with E-state index >= 15 is 0 Å². The minimum absolute atomic E-state index is 0.127. The second kappa shape index (κ2) is 5.45. The molecule has 0 radical (unpaired) electrons. The maximum Gasteiger partial charge on any atom is 0.266 e. The van der Waals surface area contributed by atoms with Gasteiger partial charge in [0, 0.05) is 0 Å². The van der Waals surface area contributed by atoms with Crippen molar-refractivity contribution in [3.05, 3.63) is 20.3 Å². The van der Waals surface area contributed by atoms with Gasteiger partial charge in [0.2, 0.25) is 0 Å². The van der Waals surface area contributed by atoms with Crippen LogP contribution in [-0.2, 0) is 0 Å². The van der Waals surface area contributed by atoms with Crippen LogP contribution in [0.1, 0.15) is 20.3 Å². The lowest BCUT2D eigenvalue weighted by Crippen LogP contribution is -2.31. The van der Waals surface area contributed by atoms with Gasteiger partial charge in [-0.05, 0) is 35.9 Å². The van der Waals surface area contributed by atoms with Crippen LogP contribution in [-0.4, -0.2) is 27.2 Å². The molecule has 1 rings (SSSR count). The number of nitrogens with one attached hydrogen (secondary N) is 2. The van der Waals surface area contributed by atoms with Crippen molar-refractivity contribution in [2.24, 2.45) is 0 Å². The molecule has 2 atom stereocenters. The second-order valence-electron chi connectivity index (χ2n) is 3.30. The summed E-state index contributed by atoms with van der Waals surface area (Å²) >= 11 is 1.92. The van der Waals surface area contributed by atoms with Gasteiger partial charge >= 0.3 is 0 Å². The van der Waals surface area contributed by atoms with Gasteiger partial charge in [-0.25, -0.2) is 4.98 Å². The number of aromatic nitrogens is 2. The average Bonchev–Trinajstić information content (AvgIpc) is 2.23. The lowest BCUT2D eigenvalue weighted by Gasteiger charge is -2.19. The first kappa shape index (κ1) is 12.4. The average molecular weight is 323 g/mol. The summed E-state index contributed by atoms with van der Waals surface area (Å²) in [7, 11) is 0. The topological polar surface area (TPSA) is 78.0 Å². The molecular formula is C9H14IN3O2. The summed E-state index contributed by atoms with van der Waals surface area (Å²) in [5.74, 6) is 0.513. The van der Waals surface area contributed by atoms with Crippen molar-refractivity contribution in [1.82, 2.24) is 9.97 Å². The predicted molar refractivity (Wildman–Crippen MR) is 67.0 cm³/mol. The summed E-state index contributed by atoms with van der Waals surface area (Å²) < 4.78 is 0.505. The largest absolute Gasteiger partial charge is 0.391 e. The van der Waals surface area contributed by atoms with Gasteiger partial charge in [0.25, 0.3) is 5.56 Å². The Morgan fingerprint density at radius 3 is 3.00 bits per heavy atom. The molecule has 0 amide bonds. The Labute approximate surface area is 101 Å². The molecule has 1 heterocycles. The molecule has 1 aromatic rings. The van der Waals surface area contributed by atoms with Crippen molar-refractivity contribution in [2.45, 2.75) is 32.4 Å². The summed E-state index contributed by atoms with van der Waals surface area (Å²) in [5, 5.41) is 12.6. The van der Waals surface area contributed by atoms with Crippen LogP contribution >= 0.6 is 22.6 Å². The molecule has 0 fully saturated rings. The fourth-order valence-electron chi connectivity index (χ4n) is 1.15. The lowest BCUT2D eigenvalue weighted by molar-refractivity contribution is 0.153. The van der Waals surface area contributed by atoms with E-state index in [1.54, 1.807) is 0 Å². The third-order valence-electron chi connectivity index (χ3n) is 2.16. The summed E-state index contributed by atoms with van der Waals surface area (Å²) in [4.78, 5) is 17.7. The zero-order chi connectivity index (χ0) is 11.4. The molecule has 6 heteroatoms. The molecule has 3 N–H and O–H groups in total. The van der Waals surface area contributed by atoms with Crippen LogP contribution in [0.4, 0.5) is 5.82 Å². The number of H-pyrrole nitrogens is 1. The van der Waals surface area contributed by atoms with Crippen LogP contribution in [0.3, 0.4) is 0 Å². The first-order valence-electron chi connectivity index (χ1n) is 4.74. The quantitative estimate of drug-likeness (QED) is 0.721. The first-order valence-corrected chi connectivity index (χ1v) is 5.82. The van der Waals surface area contributed by atoms with Gasteiger partial charge in [0.15, 0.2) is 0 Å². The van der Waals surface area contributed by atoms with E-state index in [9.17, 15) is 9.90 Å². The van der Waals surface area contributed by atoms with Gasteiger partial charge in [0.1, 0.15) is 9.39 Å². The monoisotopic (exact) mass is 323 g/mol. The molecule has 0 aliphatic rings. The van der Waals surface area contributed by atoms with Crippen LogP contribution in [0.15, 0.2) is 11.1 Å². The third-order valence-corrected chi connectivity index (χ3v) is 3.16. The third kappa shape index (κ3) is 3.16. The molecule has 5 nitrogen and oxygen atoms in total. The van der Waals surface area contributed by atoms with E-state index in [1.807, 2.05) is 36.4 Å². The maximum atomic E-state index is 11.3. The van der Waals surface area contributed by atoms with Crippen molar-refractivity contribution in [3.63, 3.8) is 0 Å². The Kier molecular flexibility index (Phi) is 4.52. The summed E-state index contributed by atoms with van der Waals surface area (Å²) in [6, 6.07) is -0.127. The standard InChI is InChI=1S/C9H14IN3O2/c1-3-6(14)5(2)13-8-7(10)9(15)12-4-11-8/h4-6,14H,3H2,1-2H3,(H2,11,12,13,15). The maximum absolute atomic E-state index is 11.3. The molecule has 84 valence electrons. The fraction of sp³-hybridized carbons (Fsp3) is 0.556. The molecule has 2 unspecified atom stereocenters. The molecule has 0 aromatic carbocycles. The van der Waals surface area contributed by atoms with Crippen LogP contribution in [0.5, 0.6) is 0 Å². The summed E-state index contributed by atoms with van der Waals surface area (Å²) in [6.07, 6.45) is 1.56. The van der Waals surface area contributed by atoms with Crippen molar-refractivity contribution in [1.29, 1.82) is 0 Å². The van der Waals surface area contributed by atoms with Crippen molar-refractivity contribution < 1.29 is 5.11 Å². The molecule has 15 heavy (non-hydrogen) atoms. The Morgan fingerprint density at radius 1 is 1.73 bits per heavy atom. The minimum atomic E-state index is -0.443. The lowest BCUT2D eigenvalue weighted by atomic mass is 10.1. The van der Waals surface area contributed by atoms with Gasteiger partial charge in [-0.1, -0.05) is 6.92 Å². The zero-order valence-electron chi connectivity index (χ0n) is 8.62. The molecule has 0 spiro atoms. The van der Waals surface area contributed by atoms with Crippen LogP contribution in [0.25, 0.3) is 0 Å². The van der Waals surface area contributed by atoms with Gasteiger partial charge in [-0.2, -0.15) is 0 Å². The number of aliphatic hydroxyl groups excluding tert-OH is 1. The fourth-order valence-corrected chi connectivity index (χ4v) is 1.60. The predicted octanol–water partition coefficient (Wildman–Crippen LogP) is 0.946. The minimum Gasteiger partial charge on any atom is -0.391 e. The van der Waals surface area contributed by atoms with Gasteiger partial charge < -0.3 is 15.4 Å². The van der Waals surface area contributed by atoms with Crippen LogP contribution in [0.2, 0.25) is 0 Å². The summed E-state index contributed by atoms with van der Waals surface area (Å²) in [5.41, 5.74) is -0.175. The highest BCUT2D eigenvalue weighted by atomic mass is 127. The SMILES string of the molecule is CCC(O)C(C)Nc1nc[nH]c(=O)c1I. The zero-order valence-corrected chi connectivity index (χ0v) is 10.8. The molecular weight excluding hydrogens is 309 g/mol. The number of halogens is 1. The van der Waals surface area contributed by atoms with E-state index in [1.165, 1.54) is 6.33 Å². The molecule has 0 aliphatic heterocycles. The Balaban J connectivity index is 2.81. The number of aromatic amines is 1. The number of hydrogen-bond acceptors (Lipinski definition) is 4. The van der Waals surface area contributed by atoms with Gasteiger partial charge in [0.05, 0.1) is 18.5 Å². The number of nitrogens with zero attached hydrogens (tertiary/aromatic N) is 1. The van der Waals surface area contributed by atoms with E-state index in [-0.39, 0.29) is 11.6 Å². The van der Waals surface area contributed by atoms with Crippen molar-refractivity contribution in [2.75, 3.05) is 5.32 Å². The first-order chi connectivity index (χ1) is 7.06. The Bertz CT molecular complexity index is 380. The normalized spacial score (nSPS) is 14.7. The number of hydrogen-bond donors (Lipinski definition) is 3. The number of anilines is 1. The second-order valence-corrected chi connectivity index (χ2v) is 4.38.